The summed E-state index contributed by atoms with van der Waals surface area (Å²) in [5.41, 5.74) is 0.762. The summed E-state index contributed by atoms with van der Waals surface area (Å²) in [6.45, 7) is 0.838. The molecule has 0 spiro atoms. The van der Waals surface area contributed by atoms with E-state index in [9.17, 15) is 14.7 Å². The van der Waals surface area contributed by atoms with Gasteiger partial charge in [-0.2, -0.15) is 0 Å². The minimum atomic E-state index is -1.17. The van der Waals surface area contributed by atoms with Crippen LogP contribution >= 0.6 is 0 Å². The van der Waals surface area contributed by atoms with Gasteiger partial charge in [-0.25, -0.2) is 4.79 Å². The highest BCUT2D eigenvalue weighted by atomic mass is 16.7. The summed E-state index contributed by atoms with van der Waals surface area (Å²) in [6, 6.07) is 3.34. The summed E-state index contributed by atoms with van der Waals surface area (Å²) in [6.07, 6.45) is 1.45. The van der Waals surface area contributed by atoms with Crippen LogP contribution in [0.2, 0.25) is 0 Å². The first-order chi connectivity index (χ1) is 9.66. The highest BCUT2D eigenvalue weighted by Crippen LogP contribution is 2.36. The number of carboxylic acids is 1. The van der Waals surface area contributed by atoms with Crippen molar-refractivity contribution in [2.45, 2.75) is 19.4 Å². The Hall–Kier alpha value is -2.50. The second-order valence-corrected chi connectivity index (χ2v) is 4.93. The van der Waals surface area contributed by atoms with Gasteiger partial charge < -0.3 is 19.1 Å². The third kappa shape index (κ3) is 1.33. The van der Waals surface area contributed by atoms with Crippen LogP contribution in [0.25, 0.3) is 10.9 Å². The summed E-state index contributed by atoms with van der Waals surface area (Å²) < 4.78 is 12.5. The summed E-state index contributed by atoms with van der Waals surface area (Å²) in [5.74, 6) is -0.0775. The molecular formula is C14H11NO5. The average Bonchev–Trinajstić information content (AvgIpc) is 3.04. The number of carbonyl (C=O) groups is 1. The molecule has 0 bridgehead atoms. The molecule has 0 saturated heterocycles. The molecule has 0 amide bonds. The van der Waals surface area contributed by atoms with Gasteiger partial charge in [-0.1, -0.05) is 0 Å². The van der Waals surface area contributed by atoms with Crippen LogP contribution in [-0.2, 0) is 13.0 Å². The molecule has 1 aromatic heterocycles. The quantitative estimate of drug-likeness (QED) is 0.849. The van der Waals surface area contributed by atoms with Crippen LogP contribution in [0.4, 0.5) is 0 Å². The highest BCUT2D eigenvalue weighted by molar-refractivity contribution is 5.95. The molecule has 3 heterocycles. The standard InChI is InChI=1S/C14H11NO5/c16-13-7-4-10-11(20-6-19-10)5-9(7)15-3-1-2-8(15)12(13)14(17)18/h4-5H,1-3,6H2,(H,17,18). The van der Waals surface area contributed by atoms with Crippen LogP contribution in [0, 0.1) is 0 Å². The van der Waals surface area contributed by atoms with E-state index >= 15 is 0 Å². The lowest BCUT2D eigenvalue weighted by Crippen LogP contribution is -2.21. The van der Waals surface area contributed by atoms with Gasteiger partial charge in [-0.3, -0.25) is 4.79 Å². The Morgan fingerprint density at radius 2 is 2.00 bits per heavy atom. The Bertz CT molecular complexity index is 821. The fourth-order valence-electron chi connectivity index (χ4n) is 3.02. The molecule has 0 unspecified atom stereocenters. The predicted molar refractivity (Wildman–Crippen MR) is 69.6 cm³/mol. The van der Waals surface area contributed by atoms with Crippen LogP contribution in [0.5, 0.6) is 11.5 Å². The smallest absolute Gasteiger partial charge is 0.341 e. The van der Waals surface area contributed by atoms with Crippen molar-refractivity contribution in [2.75, 3.05) is 6.79 Å². The minimum absolute atomic E-state index is 0.117. The van der Waals surface area contributed by atoms with Crippen LogP contribution in [0.1, 0.15) is 22.5 Å². The Kier molecular flexibility index (Phi) is 2.13. The van der Waals surface area contributed by atoms with Gasteiger partial charge in [0.15, 0.2) is 11.5 Å². The predicted octanol–water partition coefficient (Wildman–Crippen LogP) is 1.37. The molecule has 0 atom stereocenters. The Balaban J connectivity index is 2.18. The Morgan fingerprint density at radius 3 is 2.75 bits per heavy atom. The number of fused-ring (bicyclic) bond motifs is 4. The zero-order chi connectivity index (χ0) is 13.9. The molecule has 102 valence electrons. The monoisotopic (exact) mass is 273 g/mol. The lowest BCUT2D eigenvalue weighted by atomic mass is 10.1. The average molecular weight is 273 g/mol. The number of hydrogen-bond acceptors (Lipinski definition) is 4. The van der Waals surface area contributed by atoms with Crippen molar-refractivity contribution in [2.24, 2.45) is 0 Å². The lowest BCUT2D eigenvalue weighted by molar-refractivity contribution is 0.0694. The van der Waals surface area contributed by atoms with E-state index in [1.807, 2.05) is 4.57 Å². The fraction of sp³-hybridized carbons (Fsp3) is 0.286. The maximum absolute atomic E-state index is 12.4. The largest absolute Gasteiger partial charge is 0.477 e. The van der Waals surface area contributed by atoms with Gasteiger partial charge in [0.05, 0.1) is 10.9 Å². The topological polar surface area (TPSA) is 77.8 Å². The van der Waals surface area contributed by atoms with Gasteiger partial charge in [0, 0.05) is 18.3 Å². The highest BCUT2D eigenvalue weighted by Gasteiger charge is 2.26. The normalized spacial score (nSPS) is 15.6. The van der Waals surface area contributed by atoms with E-state index < -0.39 is 11.4 Å². The molecule has 6 nitrogen and oxygen atoms in total. The summed E-state index contributed by atoms with van der Waals surface area (Å²) >= 11 is 0. The van der Waals surface area contributed by atoms with Gasteiger partial charge >= 0.3 is 5.97 Å². The maximum atomic E-state index is 12.4. The number of hydrogen-bond donors (Lipinski definition) is 1. The van der Waals surface area contributed by atoms with E-state index in [2.05, 4.69) is 0 Å². The zero-order valence-corrected chi connectivity index (χ0v) is 10.5. The minimum Gasteiger partial charge on any atom is -0.477 e. The summed E-state index contributed by atoms with van der Waals surface area (Å²) in [4.78, 5) is 23.8. The van der Waals surface area contributed by atoms with Crippen molar-refractivity contribution in [3.63, 3.8) is 0 Å². The maximum Gasteiger partial charge on any atom is 0.341 e. The van der Waals surface area contributed by atoms with Gasteiger partial charge in [0.2, 0.25) is 12.2 Å². The first kappa shape index (κ1) is 11.3. The first-order valence-corrected chi connectivity index (χ1v) is 6.39. The van der Waals surface area contributed by atoms with Crippen molar-refractivity contribution in [1.82, 2.24) is 4.57 Å². The molecule has 1 aromatic carbocycles. The lowest BCUT2D eigenvalue weighted by Gasteiger charge is -2.12. The van der Waals surface area contributed by atoms with E-state index in [0.717, 1.165) is 11.9 Å². The molecule has 2 aliphatic rings. The summed E-state index contributed by atoms with van der Waals surface area (Å²) in [5, 5.41) is 9.69. The molecule has 4 rings (SSSR count). The molecule has 20 heavy (non-hydrogen) atoms. The molecule has 0 radical (unpaired) electrons. The van der Waals surface area contributed by atoms with Crippen molar-refractivity contribution in [3.05, 3.63) is 33.6 Å². The molecule has 2 aliphatic heterocycles. The van der Waals surface area contributed by atoms with Crippen LogP contribution < -0.4 is 14.9 Å². The Morgan fingerprint density at radius 1 is 1.25 bits per heavy atom. The molecule has 0 saturated carbocycles. The van der Waals surface area contributed by atoms with E-state index in [1.165, 1.54) is 0 Å². The SMILES string of the molecule is O=C(O)c1c2n(c3cc4c(cc3c1=O)OCO4)CCC2. The zero-order valence-electron chi connectivity index (χ0n) is 10.5. The van der Waals surface area contributed by atoms with Crippen molar-refractivity contribution < 1.29 is 19.4 Å². The third-order valence-electron chi connectivity index (χ3n) is 3.88. The fourth-order valence-corrected chi connectivity index (χ4v) is 3.02. The number of nitrogens with zero attached hydrogens (tertiary/aromatic N) is 1. The number of ether oxygens (including phenoxy) is 2. The van der Waals surface area contributed by atoms with Crippen molar-refractivity contribution >= 4 is 16.9 Å². The number of carboxylic acid groups (broad SMARTS) is 1. The van der Waals surface area contributed by atoms with Gasteiger partial charge in [-0.15, -0.1) is 0 Å². The molecule has 6 heteroatoms. The van der Waals surface area contributed by atoms with E-state index in [0.29, 0.717) is 35.5 Å². The van der Waals surface area contributed by atoms with Crippen molar-refractivity contribution in [1.29, 1.82) is 0 Å². The number of pyridine rings is 1. The second-order valence-electron chi connectivity index (χ2n) is 4.93. The summed E-state index contributed by atoms with van der Waals surface area (Å²) in [7, 11) is 0. The third-order valence-corrected chi connectivity index (χ3v) is 3.88. The number of benzene rings is 1. The number of rotatable bonds is 1. The van der Waals surface area contributed by atoms with Crippen molar-refractivity contribution in [3.8, 4) is 11.5 Å². The van der Waals surface area contributed by atoms with E-state index in [1.54, 1.807) is 12.1 Å². The molecule has 0 aliphatic carbocycles. The molecular weight excluding hydrogens is 262 g/mol. The van der Waals surface area contributed by atoms with Gasteiger partial charge in [0.25, 0.3) is 0 Å². The first-order valence-electron chi connectivity index (χ1n) is 6.39. The Labute approximate surface area is 113 Å². The van der Waals surface area contributed by atoms with Crippen LogP contribution in [0.3, 0.4) is 0 Å². The van der Waals surface area contributed by atoms with Crippen LogP contribution in [-0.4, -0.2) is 22.4 Å². The number of aromatic carboxylic acids is 1. The molecule has 1 N–H and O–H groups in total. The van der Waals surface area contributed by atoms with Crippen LogP contribution in [0.15, 0.2) is 16.9 Å². The molecule has 2 aromatic rings. The van der Waals surface area contributed by atoms with Gasteiger partial charge in [-0.05, 0) is 18.9 Å². The van der Waals surface area contributed by atoms with E-state index in [-0.39, 0.29) is 12.4 Å². The van der Waals surface area contributed by atoms with Gasteiger partial charge in [0.1, 0.15) is 5.56 Å². The molecule has 0 fully saturated rings. The number of aromatic nitrogens is 1. The second kappa shape index (κ2) is 3.75. The number of aryl methyl sites for hydroxylation is 1. The van der Waals surface area contributed by atoms with E-state index in [4.69, 9.17) is 9.47 Å².